The third-order valence-corrected chi connectivity index (χ3v) is 5.33. The van der Waals surface area contributed by atoms with Crippen LogP contribution in [0.15, 0.2) is 28.7 Å². The highest BCUT2D eigenvalue weighted by atomic mass is 19.1. The molecule has 1 atom stereocenters. The molecule has 0 aliphatic carbocycles. The van der Waals surface area contributed by atoms with Crippen LogP contribution in [0.5, 0.6) is 0 Å². The molecule has 1 aliphatic rings. The Morgan fingerprint density at radius 3 is 2.85 bits per heavy atom. The Kier molecular flexibility index (Phi) is 6.26. The van der Waals surface area contributed by atoms with Crippen LogP contribution in [0.25, 0.3) is 11.5 Å². The summed E-state index contributed by atoms with van der Waals surface area (Å²) in [6, 6.07) is 6.41. The van der Waals surface area contributed by atoms with Crippen molar-refractivity contribution < 1.29 is 13.6 Å². The Bertz CT molecular complexity index is 781. The predicted octanol–water partition coefficient (Wildman–Crippen LogP) is 3.57. The van der Waals surface area contributed by atoms with Crippen LogP contribution in [0.1, 0.15) is 38.1 Å². The standard InChI is InChI=1S/C21H28FN3O2/c1-14-7-9-25(10-8-14)15(2)13-23-20(26)12-19-16(3)27-21(24-19)17-5-4-6-18(22)11-17/h4-6,11,14-15H,7-10,12-13H2,1-3H3,(H,23,26). The van der Waals surface area contributed by atoms with E-state index in [0.29, 0.717) is 35.5 Å². The van der Waals surface area contributed by atoms with Crippen LogP contribution in [-0.2, 0) is 11.2 Å². The number of aryl methyl sites for hydroxylation is 1. The molecule has 146 valence electrons. The van der Waals surface area contributed by atoms with Crippen molar-refractivity contribution in [2.45, 2.75) is 46.1 Å². The fraction of sp³-hybridized carbons (Fsp3) is 0.524. The van der Waals surface area contributed by atoms with Gasteiger partial charge < -0.3 is 9.73 Å². The first-order chi connectivity index (χ1) is 12.9. The number of carbonyl (C=O) groups excluding carboxylic acids is 1. The molecule has 1 unspecified atom stereocenters. The molecule has 1 N–H and O–H groups in total. The van der Waals surface area contributed by atoms with E-state index in [9.17, 15) is 9.18 Å². The molecule has 2 heterocycles. The van der Waals surface area contributed by atoms with Crippen molar-refractivity contribution in [1.29, 1.82) is 0 Å². The lowest BCUT2D eigenvalue weighted by molar-refractivity contribution is -0.120. The third-order valence-electron chi connectivity index (χ3n) is 5.33. The normalized spacial score (nSPS) is 17.0. The summed E-state index contributed by atoms with van der Waals surface area (Å²) in [6.07, 6.45) is 2.60. The number of aromatic nitrogens is 1. The maximum Gasteiger partial charge on any atom is 0.226 e. The smallest absolute Gasteiger partial charge is 0.226 e. The van der Waals surface area contributed by atoms with Crippen molar-refractivity contribution in [3.8, 4) is 11.5 Å². The SMILES string of the molecule is Cc1oc(-c2cccc(F)c2)nc1CC(=O)NCC(C)N1CCC(C)CC1. The number of halogens is 1. The molecule has 1 saturated heterocycles. The summed E-state index contributed by atoms with van der Waals surface area (Å²) in [6.45, 7) is 9.04. The zero-order valence-corrected chi connectivity index (χ0v) is 16.3. The summed E-state index contributed by atoms with van der Waals surface area (Å²) < 4.78 is 19.0. The molecule has 0 bridgehead atoms. The van der Waals surface area contributed by atoms with E-state index in [2.05, 4.69) is 29.0 Å². The summed E-state index contributed by atoms with van der Waals surface area (Å²) in [7, 11) is 0. The number of nitrogens with zero attached hydrogens (tertiary/aromatic N) is 2. The Balaban J connectivity index is 1.53. The van der Waals surface area contributed by atoms with Crippen LogP contribution in [0.3, 0.4) is 0 Å². The molecule has 3 rings (SSSR count). The molecule has 5 nitrogen and oxygen atoms in total. The van der Waals surface area contributed by atoms with Crippen LogP contribution >= 0.6 is 0 Å². The lowest BCUT2D eigenvalue weighted by Gasteiger charge is -2.35. The van der Waals surface area contributed by atoms with Gasteiger partial charge in [0, 0.05) is 18.2 Å². The molecule has 1 aromatic carbocycles. The number of nitrogens with one attached hydrogen (secondary N) is 1. The minimum absolute atomic E-state index is 0.0746. The van der Waals surface area contributed by atoms with Gasteiger partial charge in [0.15, 0.2) is 0 Å². The molecule has 27 heavy (non-hydrogen) atoms. The van der Waals surface area contributed by atoms with Crippen LogP contribution in [-0.4, -0.2) is 41.5 Å². The summed E-state index contributed by atoms with van der Waals surface area (Å²) in [5, 5.41) is 3.00. The first-order valence-electron chi connectivity index (χ1n) is 9.65. The number of hydrogen-bond donors (Lipinski definition) is 1. The van der Waals surface area contributed by atoms with Crippen molar-refractivity contribution >= 4 is 5.91 Å². The van der Waals surface area contributed by atoms with Gasteiger partial charge in [0.1, 0.15) is 11.6 Å². The molecule has 0 spiro atoms. The Morgan fingerprint density at radius 1 is 1.41 bits per heavy atom. The number of benzene rings is 1. The van der Waals surface area contributed by atoms with Gasteiger partial charge in [0.25, 0.3) is 0 Å². The summed E-state index contributed by atoms with van der Waals surface area (Å²) in [5.74, 6) is 1.30. The molecule has 1 aliphatic heterocycles. The van der Waals surface area contributed by atoms with E-state index in [1.54, 1.807) is 19.1 Å². The van der Waals surface area contributed by atoms with Crippen molar-refractivity contribution in [2.24, 2.45) is 5.92 Å². The highest BCUT2D eigenvalue weighted by molar-refractivity contribution is 5.78. The quantitative estimate of drug-likeness (QED) is 0.841. The van der Waals surface area contributed by atoms with E-state index < -0.39 is 0 Å². The molecule has 1 aromatic heterocycles. The third kappa shape index (κ3) is 5.16. The van der Waals surface area contributed by atoms with E-state index in [1.807, 2.05) is 0 Å². The van der Waals surface area contributed by atoms with Gasteiger partial charge in [0.05, 0.1) is 12.1 Å². The van der Waals surface area contributed by atoms with E-state index in [-0.39, 0.29) is 18.1 Å². The number of piperidine rings is 1. The average Bonchev–Trinajstić information content (AvgIpc) is 3.01. The Labute approximate surface area is 160 Å². The van der Waals surface area contributed by atoms with E-state index >= 15 is 0 Å². The van der Waals surface area contributed by atoms with Crippen molar-refractivity contribution in [1.82, 2.24) is 15.2 Å². The van der Waals surface area contributed by atoms with Gasteiger partial charge in [-0.3, -0.25) is 9.69 Å². The number of likely N-dealkylation sites (tertiary alicyclic amines) is 1. The van der Waals surface area contributed by atoms with E-state index in [1.165, 1.54) is 25.0 Å². The highest BCUT2D eigenvalue weighted by Crippen LogP contribution is 2.22. The van der Waals surface area contributed by atoms with Crippen LogP contribution < -0.4 is 5.32 Å². The van der Waals surface area contributed by atoms with Crippen molar-refractivity contribution in [3.05, 3.63) is 41.5 Å². The second-order valence-corrected chi connectivity index (χ2v) is 7.58. The molecular weight excluding hydrogens is 345 g/mol. The van der Waals surface area contributed by atoms with Crippen LogP contribution in [0.2, 0.25) is 0 Å². The predicted molar refractivity (Wildman–Crippen MR) is 103 cm³/mol. The maximum atomic E-state index is 13.4. The number of amides is 1. The zero-order chi connectivity index (χ0) is 19.4. The van der Waals surface area contributed by atoms with Gasteiger partial charge in [-0.25, -0.2) is 9.37 Å². The fourth-order valence-corrected chi connectivity index (χ4v) is 3.41. The van der Waals surface area contributed by atoms with Crippen molar-refractivity contribution in [2.75, 3.05) is 19.6 Å². The Hall–Kier alpha value is -2.21. The summed E-state index contributed by atoms with van der Waals surface area (Å²) >= 11 is 0. The van der Waals surface area contributed by atoms with E-state index in [0.717, 1.165) is 19.0 Å². The average molecular weight is 373 g/mol. The van der Waals surface area contributed by atoms with Crippen LogP contribution in [0, 0.1) is 18.7 Å². The minimum Gasteiger partial charge on any atom is -0.441 e. The second kappa shape index (κ2) is 8.65. The van der Waals surface area contributed by atoms with Crippen molar-refractivity contribution in [3.63, 3.8) is 0 Å². The molecule has 1 amide bonds. The molecule has 1 fully saturated rings. The van der Waals surface area contributed by atoms with Gasteiger partial charge in [-0.15, -0.1) is 0 Å². The van der Waals surface area contributed by atoms with Crippen LogP contribution in [0.4, 0.5) is 4.39 Å². The number of carbonyl (C=O) groups is 1. The van der Waals surface area contributed by atoms with Gasteiger partial charge in [-0.2, -0.15) is 0 Å². The largest absolute Gasteiger partial charge is 0.441 e. The van der Waals surface area contributed by atoms with E-state index in [4.69, 9.17) is 4.42 Å². The summed E-state index contributed by atoms with van der Waals surface area (Å²) in [5.41, 5.74) is 1.16. The topological polar surface area (TPSA) is 58.4 Å². The van der Waals surface area contributed by atoms with Gasteiger partial charge >= 0.3 is 0 Å². The maximum absolute atomic E-state index is 13.4. The minimum atomic E-state index is -0.344. The first-order valence-corrected chi connectivity index (χ1v) is 9.65. The second-order valence-electron chi connectivity index (χ2n) is 7.58. The lowest BCUT2D eigenvalue weighted by Crippen LogP contribution is -2.45. The number of rotatable bonds is 6. The van der Waals surface area contributed by atoms with Gasteiger partial charge in [-0.05, 0) is 63.9 Å². The monoisotopic (exact) mass is 373 g/mol. The fourth-order valence-electron chi connectivity index (χ4n) is 3.41. The first kappa shape index (κ1) is 19.5. The van der Waals surface area contributed by atoms with Gasteiger partial charge in [0.2, 0.25) is 11.8 Å². The molecule has 0 saturated carbocycles. The lowest BCUT2D eigenvalue weighted by atomic mass is 9.98. The summed E-state index contributed by atoms with van der Waals surface area (Å²) in [4.78, 5) is 19.1. The molecule has 2 aromatic rings. The molecular formula is C21H28FN3O2. The number of oxazole rings is 1. The zero-order valence-electron chi connectivity index (χ0n) is 16.3. The Morgan fingerprint density at radius 2 is 2.15 bits per heavy atom. The van der Waals surface area contributed by atoms with Gasteiger partial charge in [-0.1, -0.05) is 13.0 Å². The number of hydrogen-bond acceptors (Lipinski definition) is 4. The highest BCUT2D eigenvalue weighted by Gasteiger charge is 2.21. The molecule has 0 radical (unpaired) electrons. The molecule has 6 heteroatoms.